The minimum absolute atomic E-state index is 1.26. The normalized spacial score (nSPS) is 15.3. The van der Waals surface area contributed by atoms with E-state index in [0.29, 0.717) is 0 Å². The highest BCUT2D eigenvalue weighted by Gasteiger charge is 2.10. The fourth-order valence-electron chi connectivity index (χ4n) is 2.22. The number of thioether (sulfide) groups is 1. The maximum absolute atomic E-state index is 2.38. The van der Waals surface area contributed by atoms with Gasteiger partial charge in [0.2, 0.25) is 0 Å². The van der Waals surface area contributed by atoms with E-state index < -0.39 is 0 Å². The molecule has 0 saturated heterocycles. The summed E-state index contributed by atoms with van der Waals surface area (Å²) in [5.74, 6) is 1.28. The van der Waals surface area contributed by atoms with Crippen molar-refractivity contribution in [2.75, 3.05) is 5.75 Å². The SMILES string of the molecule is Cc1ccc2cc3c(cc2c1)CCCS3. The summed E-state index contributed by atoms with van der Waals surface area (Å²) in [6.45, 7) is 2.16. The van der Waals surface area contributed by atoms with Gasteiger partial charge in [0.05, 0.1) is 0 Å². The van der Waals surface area contributed by atoms with Crippen molar-refractivity contribution in [3.63, 3.8) is 0 Å². The first-order valence-corrected chi connectivity index (χ1v) is 6.47. The van der Waals surface area contributed by atoms with Gasteiger partial charge < -0.3 is 0 Å². The second-order valence-corrected chi connectivity index (χ2v) is 5.40. The van der Waals surface area contributed by atoms with Crippen molar-refractivity contribution in [2.24, 2.45) is 0 Å². The van der Waals surface area contributed by atoms with Gasteiger partial charge in [0, 0.05) is 4.90 Å². The van der Waals surface area contributed by atoms with E-state index in [9.17, 15) is 0 Å². The smallest absolute Gasteiger partial charge is 0.0110 e. The molecule has 1 heterocycles. The average Bonchev–Trinajstić information content (AvgIpc) is 2.26. The van der Waals surface area contributed by atoms with Gasteiger partial charge in [0.25, 0.3) is 0 Å². The molecule has 1 aliphatic rings. The number of benzene rings is 2. The van der Waals surface area contributed by atoms with Crippen molar-refractivity contribution in [1.29, 1.82) is 0 Å². The van der Waals surface area contributed by atoms with Crippen molar-refractivity contribution in [3.05, 3.63) is 41.5 Å². The summed E-state index contributed by atoms with van der Waals surface area (Å²) in [5.41, 5.74) is 2.90. The van der Waals surface area contributed by atoms with Crippen molar-refractivity contribution in [3.8, 4) is 0 Å². The number of fused-ring (bicyclic) bond motifs is 2. The van der Waals surface area contributed by atoms with Gasteiger partial charge in [-0.25, -0.2) is 0 Å². The Kier molecular flexibility index (Phi) is 2.21. The predicted molar refractivity (Wildman–Crippen MR) is 67.7 cm³/mol. The van der Waals surface area contributed by atoms with E-state index in [4.69, 9.17) is 0 Å². The van der Waals surface area contributed by atoms with Gasteiger partial charge in [0.1, 0.15) is 0 Å². The highest BCUT2D eigenvalue weighted by Crippen LogP contribution is 2.33. The second-order valence-electron chi connectivity index (χ2n) is 4.26. The van der Waals surface area contributed by atoms with Crippen LogP contribution in [0.25, 0.3) is 10.8 Å². The average molecular weight is 214 g/mol. The molecule has 2 aromatic carbocycles. The lowest BCUT2D eigenvalue weighted by atomic mass is 10.0. The minimum atomic E-state index is 1.26. The summed E-state index contributed by atoms with van der Waals surface area (Å²) in [7, 11) is 0. The zero-order valence-electron chi connectivity index (χ0n) is 8.92. The lowest BCUT2D eigenvalue weighted by Gasteiger charge is -2.16. The van der Waals surface area contributed by atoms with Crippen LogP contribution in [0.3, 0.4) is 0 Å². The molecule has 0 unspecified atom stereocenters. The molecule has 0 radical (unpaired) electrons. The number of rotatable bonds is 0. The molecule has 76 valence electrons. The van der Waals surface area contributed by atoms with Crippen molar-refractivity contribution < 1.29 is 0 Å². The minimum Gasteiger partial charge on any atom is -0.126 e. The fourth-order valence-corrected chi connectivity index (χ4v) is 3.28. The summed E-state index contributed by atoms with van der Waals surface area (Å²) in [4.78, 5) is 1.50. The molecule has 0 spiro atoms. The lowest BCUT2D eigenvalue weighted by molar-refractivity contribution is 0.893. The maximum Gasteiger partial charge on any atom is 0.0110 e. The van der Waals surface area contributed by atoms with Crippen molar-refractivity contribution >= 4 is 22.5 Å². The molecule has 3 rings (SSSR count). The molecule has 1 aliphatic heterocycles. The Morgan fingerprint density at radius 3 is 2.93 bits per heavy atom. The summed E-state index contributed by atoms with van der Waals surface area (Å²) < 4.78 is 0. The Balaban J connectivity index is 2.26. The van der Waals surface area contributed by atoms with Gasteiger partial charge in [0.15, 0.2) is 0 Å². The Bertz CT molecular complexity index is 514. The highest BCUT2D eigenvalue weighted by atomic mass is 32.2. The molecule has 0 atom stereocenters. The molecule has 0 aliphatic carbocycles. The first-order valence-electron chi connectivity index (χ1n) is 5.49. The van der Waals surface area contributed by atoms with Crippen molar-refractivity contribution in [2.45, 2.75) is 24.7 Å². The van der Waals surface area contributed by atoms with E-state index in [2.05, 4.69) is 37.3 Å². The Morgan fingerprint density at radius 2 is 2.00 bits per heavy atom. The van der Waals surface area contributed by atoms with Gasteiger partial charge in [-0.05, 0) is 47.9 Å². The van der Waals surface area contributed by atoms with Gasteiger partial charge in [-0.1, -0.05) is 29.8 Å². The zero-order chi connectivity index (χ0) is 10.3. The third-order valence-electron chi connectivity index (χ3n) is 3.02. The lowest BCUT2D eigenvalue weighted by Crippen LogP contribution is -1.98. The van der Waals surface area contributed by atoms with Crippen LogP contribution in [0.15, 0.2) is 35.2 Å². The van der Waals surface area contributed by atoms with Gasteiger partial charge in [-0.3, -0.25) is 0 Å². The quantitative estimate of drug-likeness (QED) is 0.633. The monoisotopic (exact) mass is 214 g/mol. The Hall–Kier alpha value is -0.950. The largest absolute Gasteiger partial charge is 0.126 e. The number of hydrogen-bond acceptors (Lipinski definition) is 1. The first kappa shape index (κ1) is 9.29. The number of aryl methyl sites for hydroxylation is 2. The van der Waals surface area contributed by atoms with Crippen molar-refractivity contribution in [1.82, 2.24) is 0 Å². The molecule has 1 heteroatoms. The van der Waals surface area contributed by atoms with Crippen LogP contribution in [-0.2, 0) is 6.42 Å². The third-order valence-corrected chi connectivity index (χ3v) is 4.21. The topological polar surface area (TPSA) is 0 Å². The molecule has 15 heavy (non-hydrogen) atoms. The van der Waals surface area contributed by atoms with E-state index in [1.807, 2.05) is 11.8 Å². The summed E-state index contributed by atoms with van der Waals surface area (Å²) in [6, 6.07) is 11.5. The van der Waals surface area contributed by atoms with Crippen LogP contribution in [0.5, 0.6) is 0 Å². The molecule has 0 N–H and O–H groups in total. The second kappa shape index (κ2) is 3.57. The van der Waals surface area contributed by atoms with Gasteiger partial charge in [-0.15, -0.1) is 11.8 Å². The molecule has 0 fully saturated rings. The summed E-state index contributed by atoms with van der Waals surface area (Å²) in [5, 5.41) is 2.78. The predicted octanol–water partition coefficient (Wildman–Crippen LogP) is 4.19. The van der Waals surface area contributed by atoms with E-state index in [-0.39, 0.29) is 0 Å². The van der Waals surface area contributed by atoms with Gasteiger partial charge in [-0.2, -0.15) is 0 Å². The molecule has 0 bridgehead atoms. The first-order chi connectivity index (χ1) is 7.33. The summed E-state index contributed by atoms with van der Waals surface area (Å²) in [6.07, 6.45) is 2.58. The van der Waals surface area contributed by atoms with E-state index >= 15 is 0 Å². The van der Waals surface area contributed by atoms with Crippen LogP contribution >= 0.6 is 11.8 Å². The van der Waals surface area contributed by atoms with E-state index in [0.717, 1.165) is 0 Å². The molecular formula is C14H14S. The Labute approximate surface area is 94.7 Å². The molecule has 0 saturated carbocycles. The van der Waals surface area contributed by atoms with Crippen LogP contribution in [0.2, 0.25) is 0 Å². The number of hydrogen-bond donors (Lipinski definition) is 0. The molecule has 0 amide bonds. The highest BCUT2D eigenvalue weighted by molar-refractivity contribution is 7.99. The third kappa shape index (κ3) is 1.65. The van der Waals surface area contributed by atoms with E-state index in [1.54, 1.807) is 5.56 Å². The zero-order valence-corrected chi connectivity index (χ0v) is 9.73. The maximum atomic E-state index is 2.38. The standard InChI is InChI=1S/C14H14S/c1-10-4-5-11-9-14-12(3-2-6-15-14)8-13(11)7-10/h4-5,7-9H,2-3,6H2,1H3. The fraction of sp³-hybridized carbons (Fsp3) is 0.286. The van der Waals surface area contributed by atoms with Crippen LogP contribution in [-0.4, -0.2) is 5.75 Å². The molecule has 0 aromatic heterocycles. The van der Waals surface area contributed by atoms with Crippen LogP contribution in [0.4, 0.5) is 0 Å². The van der Waals surface area contributed by atoms with Crippen LogP contribution in [0.1, 0.15) is 17.5 Å². The van der Waals surface area contributed by atoms with Gasteiger partial charge >= 0.3 is 0 Å². The molecule has 2 aromatic rings. The van der Waals surface area contributed by atoms with E-state index in [1.165, 1.54) is 39.8 Å². The van der Waals surface area contributed by atoms with Crippen LogP contribution in [0, 0.1) is 6.92 Å². The van der Waals surface area contributed by atoms with Crippen LogP contribution < -0.4 is 0 Å². The summed E-state index contributed by atoms with van der Waals surface area (Å²) >= 11 is 2.01. The molecular weight excluding hydrogens is 200 g/mol. The Morgan fingerprint density at radius 1 is 1.07 bits per heavy atom. The molecule has 0 nitrogen and oxygen atoms in total.